The summed E-state index contributed by atoms with van der Waals surface area (Å²) in [6.45, 7) is 2.24. The van der Waals surface area contributed by atoms with Gasteiger partial charge in [0.25, 0.3) is 0 Å². The molecule has 1 unspecified atom stereocenters. The number of nitrogens with one attached hydrogen (secondary N) is 2. The lowest BCUT2D eigenvalue weighted by atomic mass is 10.1. The lowest BCUT2D eigenvalue weighted by Crippen LogP contribution is -2.16. The van der Waals surface area contributed by atoms with Crippen molar-refractivity contribution in [3.8, 4) is 0 Å². The molecule has 5 nitrogen and oxygen atoms in total. The summed E-state index contributed by atoms with van der Waals surface area (Å²) < 4.78 is 0. The third kappa shape index (κ3) is 2.73. The average Bonchev–Trinajstić information content (AvgIpc) is 2.66. The Hall–Kier alpha value is -1.75. The monoisotopic (exact) mass is 249 g/mol. The van der Waals surface area contributed by atoms with Crippen LogP contribution in [0.3, 0.4) is 0 Å². The minimum absolute atomic E-state index is 0.00915. The van der Waals surface area contributed by atoms with Crippen molar-refractivity contribution in [1.82, 2.24) is 0 Å². The molecule has 1 aromatic carbocycles. The summed E-state index contributed by atoms with van der Waals surface area (Å²) in [7, 11) is 0. The number of aliphatic hydroxyl groups is 1. The molecule has 0 aliphatic carbocycles. The third-order valence-corrected chi connectivity index (χ3v) is 3.10. The number of anilines is 3. The number of carbonyl (C=O) groups is 1. The van der Waals surface area contributed by atoms with Gasteiger partial charge >= 0.3 is 0 Å². The van der Waals surface area contributed by atoms with Crippen LogP contribution in [0.2, 0.25) is 0 Å². The molecular formula is C13H19N3O2. The molecule has 1 aromatic rings. The van der Waals surface area contributed by atoms with E-state index in [0.29, 0.717) is 12.1 Å². The van der Waals surface area contributed by atoms with Gasteiger partial charge in [-0.3, -0.25) is 4.79 Å². The van der Waals surface area contributed by atoms with Crippen LogP contribution in [-0.2, 0) is 11.2 Å². The number of fused-ring (bicyclic) bond motifs is 1. The highest BCUT2D eigenvalue weighted by Crippen LogP contribution is 2.31. The number of benzene rings is 1. The summed E-state index contributed by atoms with van der Waals surface area (Å²) in [5.74, 6) is 0.00915. The predicted molar refractivity (Wildman–Crippen MR) is 72.6 cm³/mol. The molecular weight excluding hydrogens is 230 g/mol. The second-order valence-corrected chi connectivity index (χ2v) is 4.73. The fourth-order valence-electron chi connectivity index (χ4n) is 2.15. The molecule has 0 aromatic heterocycles. The first kappa shape index (κ1) is 12.7. The molecule has 1 amide bonds. The van der Waals surface area contributed by atoms with Crippen molar-refractivity contribution in [1.29, 1.82) is 0 Å². The number of amides is 1. The van der Waals surface area contributed by atoms with E-state index in [2.05, 4.69) is 10.6 Å². The molecule has 0 fully saturated rings. The summed E-state index contributed by atoms with van der Waals surface area (Å²) in [5.41, 5.74) is 9.24. The van der Waals surface area contributed by atoms with Crippen molar-refractivity contribution in [2.75, 3.05) is 23.0 Å². The molecule has 2 rings (SSSR count). The van der Waals surface area contributed by atoms with Crippen LogP contribution in [0.25, 0.3) is 0 Å². The number of nitrogens with two attached hydrogens (primary N) is 1. The summed E-state index contributed by atoms with van der Waals surface area (Å²) in [6.07, 6.45) is 2.04. The molecule has 0 saturated carbocycles. The lowest BCUT2D eigenvalue weighted by Gasteiger charge is -2.17. The van der Waals surface area contributed by atoms with Crippen LogP contribution in [0, 0.1) is 0 Å². The lowest BCUT2D eigenvalue weighted by molar-refractivity contribution is -0.115. The number of carbonyl (C=O) groups excluding carboxylic acids is 1. The zero-order valence-electron chi connectivity index (χ0n) is 10.5. The van der Waals surface area contributed by atoms with E-state index in [4.69, 9.17) is 10.8 Å². The van der Waals surface area contributed by atoms with Crippen LogP contribution in [0.15, 0.2) is 12.1 Å². The molecule has 98 valence electrons. The molecule has 5 N–H and O–H groups in total. The first-order valence-corrected chi connectivity index (χ1v) is 6.20. The molecule has 0 saturated heterocycles. The van der Waals surface area contributed by atoms with Crippen LogP contribution < -0.4 is 16.4 Å². The second-order valence-electron chi connectivity index (χ2n) is 4.73. The third-order valence-electron chi connectivity index (χ3n) is 3.10. The Morgan fingerprint density at radius 3 is 3.06 bits per heavy atom. The number of aliphatic hydroxyl groups excluding tert-OH is 1. The normalized spacial score (nSPS) is 15.1. The van der Waals surface area contributed by atoms with Gasteiger partial charge in [0, 0.05) is 18.3 Å². The molecule has 0 radical (unpaired) electrons. The van der Waals surface area contributed by atoms with E-state index in [9.17, 15) is 4.79 Å². The van der Waals surface area contributed by atoms with Gasteiger partial charge in [-0.25, -0.2) is 0 Å². The smallest absolute Gasteiger partial charge is 0.228 e. The first-order chi connectivity index (χ1) is 8.60. The van der Waals surface area contributed by atoms with Crippen molar-refractivity contribution in [3.63, 3.8) is 0 Å². The topological polar surface area (TPSA) is 87.4 Å². The zero-order chi connectivity index (χ0) is 13.1. The van der Waals surface area contributed by atoms with Crippen LogP contribution >= 0.6 is 0 Å². The summed E-state index contributed by atoms with van der Waals surface area (Å²) >= 11 is 0. The molecule has 0 bridgehead atoms. The van der Waals surface area contributed by atoms with Gasteiger partial charge in [-0.05, 0) is 37.5 Å². The van der Waals surface area contributed by atoms with E-state index in [1.165, 1.54) is 0 Å². The molecule has 5 heteroatoms. The standard InChI is InChI=1S/C13H19N3O2/c1-8(3-2-4-17)15-12-7-11-9(5-10(12)14)6-13(18)16-11/h5,7-8,15,17H,2-4,6,14H2,1H3,(H,16,18). The van der Waals surface area contributed by atoms with E-state index < -0.39 is 0 Å². The van der Waals surface area contributed by atoms with Crippen LogP contribution in [0.1, 0.15) is 25.3 Å². The Morgan fingerprint density at radius 1 is 1.56 bits per heavy atom. The Bertz CT molecular complexity index is 460. The quantitative estimate of drug-likeness (QED) is 0.593. The van der Waals surface area contributed by atoms with Gasteiger partial charge in [0.2, 0.25) is 5.91 Å². The van der Waals surface area contributed by atoms with Gasteiger partial charge in [0.1, 0.15) is 0 Å². The maximum atomic E-state index is 11.3. The molecule has 0 spiro atoms. The fraction of sp³-hybridized carbons (Fsp3) is 0.462. The highest BCUT2D eigenvalue weighted by atomic mass is 16.2. The van der Waals surface area contributed by atoms with Gasteiger partial charge in [-0.1, -0.05) is 0 Å². The Morgan fingerprint density at radius 2 is 2.33 bits per heavy atom. The molecule has 1 heterocycles. The van der Waals surface area contributed by atoms with Gasteiger partial charge < -0.3 is 21.5 Å². The molecule has 18 heavy (non-hydrogen) atoms. The predicted octanol–water partition coefficient (Wildman–Crippen LogP) is 1.34. The Labute approximate surface area is 106 Å². The number of rotatable bonds is 5. The summed E-state index contributed by atoms with van der Waals surface area (Å²) in [4.78, 5) is 11.3. The largest absolute Gasteiger partial charge is 0.397 e. The highest BCUT2D eigenvalue weighted by molar-refractivity contribution is 6.00. The van der Waals surface area contributed by atoms with E-state index >= 15 is 0 Å². The van der Waals surface area contributed by atoms with E-state index in [0.717, 1.165) is 29.8 Å². The van der Waals surface area contributed by atoms with Crippen molar-refractivity contribution < 1.29 is 9.90 Å². The maximum absolute atomic E-state index is 11.3. The fourth-order valence-corrected chi connectivity index (χ4v) is 2.15. The summed E-state index contributed by atoms with van der Waals surface area (Å²) in [6, 6.07) is 3.95. The zero-order valence-corrected chi connectivity index (χ0v) is 10.5. The van der Waals surface area contributed by atoms with Crippen molar-refractivity contribution in [2.24, 2.45) is 0 Å². The van der Waals surface area contributed by atoms with Gasteiger partial charge in [-0.15, -0.1) is 0 Å². The van der Waals surface area contributed by atoms with Crippen LogP contribution in [0.5, 0.6) is 0 Å². The first-order valence-electron chi connectivity index (χ1n) is 6.20. The number of nitrogen functional groups attached to an aromatic ring is 1. The average molecular weight is 249 g/mol. The van der Waals surface area contributed by atoms with Crippen LogP contribution in [0.4, 0.5) is 17.1 Å². The molecule has 1 atom stereocenters. The van der Waals surface area contributed by atoms with Crippen molar-refractivity contribution in [3.05, 3.63) is 17.7 Å². The van der Waals surface area contributed by atoms with E-state index in [1.807, 2.05) is 19.1 Å². The van der Waals surface area contributed by atoms with Crippen molar-refractivity contribution >= 4 is 23.0 Å². The van der Waals surface area contributed by atoms with Crippen LogP contribution in [-0.4, -0.2) is 23.7 Å². The highest BCUT2D eigenvalue weighted by Gasteiger charge is 2.19. The number of hydrogen-bond donors (Lipinski definition) is 4. The minimum atomic E-state index is 0.00915. The summed E-state index contributed by atoms with van der Waals surface area (Å²) in [5, 5.41) is 14.9. The molecule has 1 aliphatic heterocycles. The van der Waals surface area contributed by atoms with Gasteiger partial charge in [0.05, 0.1) is 17.8 Å². The Balaban J connectivity index is 2.10. The van der Waals surface area contributed by atoms with E-state index in [-0.39, 0.29) is 18.6 Å². The van der Waals surface area contributed by atoms with E-state index in [1.54, 1.807) is 0 Å². The maximum Gasteiger partial charge on any atom is 0.228 e. The van der Waals surface area contributed by atoms with Gasteiger partial charge in [0.15, 0.2) is 0 Å². The Kier molecular flexibility index (Phi) is 3.72. The van der Waals surface area contributed by atoms with Gasteiger partial charge in [-0.2, -0.15) is 0 Å². The molecule has 1 aliphatic rings. The van der Waals surface area contributed by atoms with Crippen molar-refractivity contribution in [2.45, 2.75) is 32.2 Å². The number of hydrogen-bond acceptors (Lipinski definition) is 4. The SMILES string of the molecule is CC(CCCO)Nc1cc2c(cc1N)CC(=O)N2. The minimum Gasteiger partial charge on any atom is -0.397 e. The second kappa shape index (κ2) is 5.27.